The van der Waals surface area contributed by atoms with Crippen molar-refractivity contribution in [2.45, 2.75) is 46.7 Å². The molecule has 1 aromatic heterocycles. The molecule has 0 aliphatic heterocycles. The number of aliphatic imine (C=N–C) groups is 1. The molecule has 0 saturated carbocycles. The van der Waals surface area contributed by atoms with E-state index in [1.54, 1.807) is 25.5 Å². The number of nitrogens with one attached hydrogen (secondary N) is 2. The summed E-state index contributed by atoms with van der Waals surface area (Å²) < 4.78 is 11.1. The number of hydrogen-bond donors (Lipinski definition) is 2. The first-order valence-corrected chi connectivity index (χ1v) is 10.9. The third-order valence-electron chi connectivity index (χ3n) is 4.26. The lowest BCUT2D eigenvalue weighted by atomic mass is 10.1. The van der Waals surface area contributed by atoms with Gasteiger partial charge in [0.1, 0.15) is 5.75 Å². The van der Waals surface area contributed by atoms with Crippen LogP contribution in [0.15, 0.2) is 29.4 Å². The third-order valence-corrected chi connectivity index (χ3v) is 5.28. The van der Waals surface area contributed by atoms with Crippen molar-refractivity contribution in [1.82, 2.24) is 15.6 Å². The van der Waals surface area contributed by atoms with Crippen molar-refractivity contribution in [2.75, 3.05) is 27.4 Å². The van der Waals surface area contributed by atoms with Gasteiger partial charge in [0, 0.05) is 56.8 Å². The fourth-order valence-electron chi connectivity index (χ4n) is 2.77. The fraction of sp³-hybridized carbons (Fsp3) is 0.545. The molecule has 1 aromatic carbocycles. The quantitative estimate of drug-likeness (QED) is 0.187. The number of rotatable bonds is 11. The number of ether oxygens (including phenoxy) is 2. The number of aryl methyl sites for hydroxylation is 1. The molecule has 0 aliphatic rings. The molecule has 0 amide bonds. The Kier molecular flexibility index (Phi) is 13.0. The van der Waals surface area contributed by atoms with Gasteiger partial charge in [-0.15, -0.1) is 35.3 Å². The Hall–Kier alpha value is -1.39. The van der Waals surface area contributed by atoms with Gasteiger partial charge in [-0.1, -0.05) is 26.0 Å². The van der Waals surface area contributed by atoms with Crippen LogP contribution in [0.25, 0.3) is 0 Å². The second kappa shape index (κ2) is 14.6. The van der Waals surface area contributed by atoms with E-state index in [1.807, 2.05) is 6.20 Å². The van der Waals surface area contributed by atoms with Crippen molar-refractivity contribution in [3.8, 4) is 5.75 Å². The van der Waals surface area contributed by atoms with Gasteiger partial charge in [0.05, 0.1) is 18.2 Å². The van der Waals surface area contributed by atoms with Crippen molar-refractivity contribution in [3.05, 3.63) is 45.4 Å². The lowest BCUT2D eigenvalue weighted by Crippen LogP contribution is -2.36. The van der Waals surface area contributed by atoms with Crippen LogP contribution in [-0.4, -0.2) is 38.3 Å². The number of nitrogens with zero attached hydrogens (tertiary/aromatic N) is 2. The van der Waals surface area contributed by atoms with Crippen LogP contribution in [0, 0.1) is 12.8 Å². The predicted octanol–water partition coefficient (Wildman–Crippen LogP) is 4.55. The number of methoxy groups -OCH3 is 1. The van der Waals surface area contributed by atoms with E-state index in [4.69, 9.17) is 9.47 Å². The average molecular weight is 547 g/mol. The zero-order chi connectivity index (χ0) is 21.1. The maximum absolute atomic E-state index is 5.96. The summed E-state index contributed by atoms with van der Waals surface area (Å²) in [6, 6.07) is 6.28. The minimum absolute atomic E-state index is 0. The summed E-state index contributed by atoms with van der Waals surface area (Å²) in [6.45, 7) is 9.19. The molecule has 2 N–H and O–H groups in total. The van der Waals surface area contributed by atoms with Gasteiger partial charge in [0.2, 0.25) is 0 Å². The Labute approximate surface area is 201 Å². The van der Waals surface area contributed by atoms with E-state index in [-0.39, 0.29) is 24.0 Å². The number of thiazole rings is 1. The Morgan fingerprint density at radius 2 is 1.97 bits per heavy atom. The molecule has 2 aromatic rings. The van der Waals surface area contributed by atoms with Crippen LogP contribution < -0.4 is 15.4 Å². The molecular weight excluding hydrogens is 511 g/mol. The second-order valence-corrected chi connectivity index (χ2v) is 8.60. The Balaban J connectivity index is 0.00000450. The minimum atomic E-state index is 0. The molecule has 0 spiro atoms. The lowest BCUT2D eigenvalue weighted by molar-refractivity contribution is 0.171. The molecule has 0 atom stereocenters. The van der Waals surface area contributed by atoms with Crippen molar-refractivity contribution >= 4 is 41.3 Å². The van der Waals surface area contributed by atoms with E-state index in [0.29, 0.717) is 32.2 Å². The zero-order valence-corrected chi connectivity index (χ0v) is 21.8. The standard InChI is InChI=1S/C22H34N4O2S.HI/c1-16(2)11-21-24-14-19(29-21)15-26-22(23-4)25-13-18-8-7-17(3)12-20(18)28-10-6-9-27-5;/h7-8,12,14,16H,6,9-11,13,15H2,1-5H3,(H2,23,25,26);1H. The van der Waals surface area contributed by atoms with Crippen LogP contribution in [0.5, 0.6) is 5.75 Å². The highest BCUT2D eigenvalue weighted by molar-refractivity contribution is 14.0. The SMILES string of the molecule is CN=C(NCc1cnc(CC(C)C)s1)NCc1ccc(C)cc1OCCCOC.I. The molecule has 2 rings (SSSR count). The topological polar surface area (TPSA) is 67.8 Å². The number of hydrogen-bond acceptors (Lipinski definition) is 5. The maximum Gasteiger partial charge on any atom is 0.191 e. The number of guanidine groups is 1. The number of benzene rings is 1. The summed E-state index contributed by atoms with van der Waals surface area (Å²) in [5.41, 5.74) is 2.29. The van der Waals surface area contributed by atoms with Gasteiger partial charge in [-0.3, -0.25) is 4.99 Å². The van der Waals surface area contributed by atoms with Crippen LogP contribution >= 0.6 is 35.3 Å². The zero-order valence-electron chi connectivity index (χ0n) is 18.7. The van der Waals surface area contributed by atoms with E-state index in [1.165, 1.54) is 15.4 Å². The van der Waals surface area contributed by atoms with Gasteiger partial charge < -0.3 is 20.1 Å². The van der Waals surface area contributed by atoms with Gasteiger partial charge in [0.15, 0.2) is 5.96 Å². The minimum Gasteiger partial charge on any atom is -0.493 e. The summed E-state index contributed by atoms with van der Waals surface area (Å²) in [6.07, 6.45) is 3.85. The van der Waals surface area contributed by atoms with Gasteiger partial charge in [0.25, 0.3) is 0 Å². The van der Waals surface area contributed by atoms with Crippen molar-refractivity contribution in [2.24, 2.45) is 10.9 Å². The van der Waals surface area contributed by atoms with E-state index in [2.05, 4.69) is 59.6 Å². The third kappa shape index (κ3) is 9.61. The molecule has 168 valence electrons. The first-order valence-electron chi connectivity index (χ1n) is 10.1. The number of halogens is 1. The number of aromatic nitrogens is 1. The molecule has 0 fully saturated rings. The molecule has 0 aliphatic carbocycles. The highest BCUT2D eigenvalue weighted by Crippen LogP contribution is 2.21. The van der Waals surface area contributed by atoms with E-state index >= 15 is 0 Å². The Morgan fingerprint density at radius 1 is 1.20 bits per heavy atom. The molecule has 0 radical (unpaired) electrons. The molecule has 1 heterocycles. The van der Waals surface area contributed by atoms with E-state index in [9.17, 15) is 0 Å². The first kappa shape index (κ1) is 26.6. The molecule has 0 bridgehead atoms. The van der Waals surface area contributed by atoms with Crippen LogP contribution in [0.1, 0.15) is 41.3 Å². The Bertz CT molecular complexity index is 780. The molecule has 0 unspecified atom stereocenters. The lowest BCUT2D eigenvalue weighted by Gasteiger charge is -2.15. The monoisotopic (exact) mass is 546 g/mol. The highest BCUT2D eigenvalue weighted by Gasteiger charge is 2.08. The van der Waals surface area contributed by atoms with Crippen LogP contribution in [0.2, 0.25) is 0 Å². The molecule has 0 saturated heterocycles. The summed E-state index contributed by atoms with van der Waals surface area (Å²) in [5.74, 6) is 2.29. The van der Waals surface area contributed by atoms with Gasteiger partial charge >= 0.3 is 0 Å². The average Bonchev–Trinajstić information content (AvgIpc) is 3.13. The summed E-state index contributed by atoms with van der Waals surface area (Å²) in [7, 11) is 3.49. The molecule has 30 heavy (non-hydrogen) atoms. The van der Waals surface area contributed by atoms with Gasteiger partial charge in [-0.2, -0.15) is 0 Å². The van der Waals surface area contributed by atoms with E-state index < -0.39 is 0 Å². The van der Waals surface area contributed by atoms with Gasteiger partial charge in [-0.25, -0.2) is 4.98 Å². The highest BCUT2D eigenvalue weighted by atomic mass is 127. The summed E-state index contributed by atoms with van der Waals surface area (Å²) in [4.78, 5) is 10.0. The summed E-state index contributed by atoms with van der Waals surface area (Å²) in [5, 5.41) is 7.93. The van der Waals surface area contributed by atoms with Crippen molar-refractivity contribution < 1.29 is 9.47 Å². The molecule has 8 heteroatoms. The first-order chi connectivity index (χ1) is 14.0. The van der Waals surface area contributed by atoms with Crippen LogP contribution in [-0.2, 0) is 24.2 Å². The van der Waals surface area contributed by atoms with E-state index in [0.717, 1.165) is 30.1 Å². The fourth-order valence-corrected chi connectivity index (χ4v) is 3.85. The predicted molar refractivity (Wildman–Crippen MR) is 136 cm³/mol. The van der Waals surface area contributed by atoms with Crippen molar-refractivity contribution in [1.29, 1.82) is 0 Å². The molecular formula is C22H35IN4O2S. The molecule has 6 nitrogen and oxygen atoms in total. The Morgan fingerprint density at radius 3 is 2.67 bits per heavy atom. The van der Waals surface area contributed by atoms with Crippen LogP contribution in [0.3, 0.4) is 0 Å². The smallest absolute Gasteiger partial charge is 0.191 e. The normalized spacial score (nSPS) is 11.3. The maximum atomic E-state index is 5.96. The van der Waals surface area contributed by atoms with Crippen molar-refractivity contribution in [3.63, 3.8) is 0 Å². The van der Waals surface area contributed by atoms with Crippen LogP contribution in [0.4, 0.5) is 0 Å². The largest absolute Gasteiger partial charge is 0.493 e. The second-order valence-electron chi connectivity index (χ2n) is 7.40. The summed E-state index contributed by atoms with van der Waals surface area (Å²) >= 11 is 1.76. The van der Waals surface area contributed by atoms with Gasteiger partial charge in [-0.05, 0) is 24.5 Å².